The Hall–Kier alpha value is -1.16. The van der Waals surface area contributed by atoms with E-state index in [0.29, 0.717) is 18.3 Å². The molecule has 0 atom stereocenters. The van der Waals surface area contributed by atoms with Gasteiger partial charge >= 0.3 is 0 Å². The molecule has 0 bridgehead atoms. The number of carbonyl (C=O) groups is 1. The van der Waals surface area contributed by atoms with Crippen LogP contribution < -0.4 is 9.64 Å². The van der Waals surface area contributed by atoms with Gasteiger partial charge in [0.05, 0.1) is 5.69 Å². The average molecular weight is 309 g/mol. The van der Waals surface area contributed by atoms with Crippen molar-refractivity contribution < 1.29 is 9.53 Å². The van der Waals surface area contributed by atoms with Crippen LogP contribution in [0, 0.1) is 6.92 Å². The van der Waals surface area contributed by atoms with E-state index in [2.05, 4.69) is 38.1 Å². The van der Waals surface area contributed by atoms with E-state index in [1.807, 2.05) is 13.0 Å². The van der Waals surface area contributed by atoms with Crippen LogP contribution in [0.4, 0.5) is 5.69 Å². The van der Waals surface area contributed by atoms with Gasteiger partial charge in [0, 0.05) is 18.0 Å². The summed E-state index contributed by atoms with van der Waals surface area (Å²) in [4.78, 5) is 14.3. The number of ether oxygens (including phenoxy) is 1. The fraction of sp³-hybridized carbons (Fsp3) is 0.588. The molecule has 21 heavy (non-hydrogen) atoms. The standard InChI is InChI=1S/C17H27NO2S/c1-6-8-14(9-7-2)18(4)15-11-17(21-5)13(3)10-16(15)20-12-19/h10-12,14H,6-9H2,1-5H3. The van der Waals surface area contributed by atoms with Crippen molar-refractivity contribution in [2.75, 3.05) is 18.2 Å². The fourth-order valence-corrected chi connectivity index (χ4v) is 3.30. The van der Waals surface area contributed by atoms with Crippen molar-refractivity contribution >= 4 is 23.9 Å². The first kappa shape index (κ1) is 17.9. The van der Waals surface area contributed by atoms with E-state index in [1.165, 1.54) is 4.90 Å². The number of anilines is 1. The molecule has 0 saturated heterocycles. The molecule has 0 unspecified atom stereocenters. The first-order chi connectivity index (χ1) is 10.1. The molecule has 4 heteroatoms. The van der Waals surface area contributed by atoms with Gasteiger partial charge in [0.2, 0.25) is 0 Å². The van der Waals surface area contributed by atoms with Crippen LogP contribution in [0.1, 0.15) is 45.1 Å². The number of hydrogen-bond donors (Lipinski definition) is 0. The summed E-state index contributed by atoms with van der Waals surface area (Å²) in [5, 5.41) is 0. The van der Waals surface area contributed by atoms with Crippen LogP contribution in [0.3, 0.4) is 0 Å². The number of thioether (sulfide) groups is 1. The van der Waals surface area contributed by atoms with E-state index in [-0.39, 0.29) is 0 Å². The first-order valence-corrected chi connectivity index (χ1v) is 8.83. The maximum atomic E-state index is 10.8. The Labute approximate surface area is 133 Å². The third kappa shape index (κ3) is 4.67. The molecule has 0 N–H and O–H groups in total. The molecule has 0 spiro atoms. The largest absolute Gasteiger partial charge is 0.427 e. The summed E-state index contributed by atoms with van der Waals surface area (Å²) < 4.78 is 5.21. The molecular weight excluding hydrogens is 282 g/mol. The van der Waals surface area contributed by atoms with E-state index < -0.39 is 0 Å². The van der Waals surface area contributed by atoms with Crippen molar-refractivity contribution in [3.05, 3.63) is 17.7 Å². The highest BCUT2D eigenvalue weighted by atomic mass is 32.2. The number of carbonyl (C=O) groups excluding carboxylic acids is 1. The average Bonchev–Trinajstić information content (AvgIpc) is 2.47. The summed E-state index contributed by atoms with van der Waals surface area (Å²) in [6.07, 6.45) is 6.67. The van der Waals surface area contributed by atoms with Gasteiger partial charge in [-0.15, -0.1) is 11.8 Å². The monoisotopic (exact) mass is 309 g/mol. The zero-order chi connectivity index (χ0) is 15.8. The van der Waals surface area contributed by atoms with Gasteiger partial charge in [0.25, 0.3) is 6.47 Å². The molecule has 1 aromatic carbocycles. The minimum atomic E-state index is 0.478. The van der Waals surface area contributed by atoms with Crippen molar-refractivity contribution in [1.29, 1.82) is 0 Å². The van der Waals surface area contributed by atoms with Crippen molar-refractivity contribution in [2.45, 2.75) is 57.4 Å². The van der Waals surface area contributed by atoms with Gasteiger partial charge in [-0.2, -0.15) is 0 Å². The molecule has 0 aliphatic heterocycles. The summed E-state index contributed by atoms with van der Waals surface area (Å²) in [5.41, 5.74) is 2.14. The molecule has 1 rings (SSSR count). The second kappa shape index (κ2) is 8.98. The van der Waals surface area contributed by atoms with Gasteiger partial charge < -0.3 is 9.64 Å². The Balaban J connectivity index is 3.19. The summed E-state index contributed by atoms with van der Waals surface area (Å²) in [5.74, 6) is 0.653. The van der Waals surface area contributed by atoms with Crippen molar-refractivity contribution in [2.24, 2.45) is 0 Å². The molecule has 118 valence electrons. The Kier molecular flexibility index (Phi) is 7.65. The van der Waals surface area contributed by atoms with E-state index >= 15 is 0 Å². The number of benzene rings is 1. The molecular formula is C17H27NO2S. The van der Waals surface area contributed by atoms with E-state index in [1.54, 1.807) is 11.8 Å². The Morgan fingerprint density at radius 2 is 1.90 bits per heavy atom. The molecule has 3 nitrogen and oxygen atoms in total. The fourth-order valence-electron chi connectivity index (χ4n) is 2.69. The number of hydrogen-bond acceptors (Lipinski definition) is 4. The normalized spacial score (nSPS) is 10.8. The quantitative estimate of drug-likeness (QED) is 0.490. The predicted octanol–water partition coefficient (Wildman–Crippen LogP) is 4.66. The second-order valence-corrected chi connectivity index (χ2v) is 6.19. The second-order valence-electron chi connectivity index (χ2n) is 5.35. The van der Waals surface area contributed by atoms with Crippen LogP contribution in [0.2, 0.25) is 0 Å². The summed E-state index contributed by atoms with van der Waals surface area (Å²) in [6.45, 7) is 6.98. The van der Waals surface area contributed by atoms with Gasteiger partial charge in [0.15, 0.2) is 5.75 Å². The van der Waals surface area contributed by atoms with E-state index in [4.69, 9.17) is 4.74 Å². The van der Waals surface area contributed by atoms with E-state index in [0.717, 1.165) is 36.9 Å². The topological polar surface area (TPSA) is 29.5 Å². The molecule has 0 heterocycles. The predicted molar refractivity (Wildman–Crippen MR) is 91.7 cm³/mol. The first-order valence-electron chi connectivity index (χ1n) is 7.60. The third-order valence-electron chi connectivity index (χ3n) is 3.82. The molecule has 0 radical (unpaired) electrons. The van der Waals surface area contributed by atoms with Crippen LogP contribution in [-0.2, 0) is 4.79 Å². The van der Waals surface area contributed by atoms with Crippen LogP contribution >= 0.6 is 11.8 Å². The van der Waals surface area contributed by atoms with Crippen LogP contribution in [0.5, 0.6) is 5.75 Å². The summed E-state index contributed by atoms with van der Waals surface area (Å²) in [6, 6.07) is 4.57. The van der Waals surface area contributed by atoms with Crippen molar-refractivity contribution in [3.63, 3.8) is 0 Å². The summed E-state index contributed by atoms with van der Waals surface area (Å²) in [7, 11) is 2.10. The minimum absolute atomic E-state index is 0.478. The van der Waals surface area contributed by atoms with E-state index in [9.17, 15) is 4.79 Å². The molecule has 0 aliphatic carbocycles. The zero-order valence-corrected chi connectivity index (χ0v) is 14.6. The lowest BCUT2D eigenvalue weighted by atomic mass is 10.0. The number of aryl methyl sites for hydroxylation is 1. The maximum absolute atomic E-state index is 10.8. The molecule has 0 fully saturated rings. The smallest absolute Gasteiger partial charge is 0.298 e. The van der Waals surface area contributed by atoms with Crippen LogP contribution in [0.15, 0.2) is 17.0 Å². The van der Waals surface area contributed by atoms with Gasteiger partial charge in [0.1, 0.15) is 0 Å². The molecule has 0 amide bonds. The van der Waals surface area contributed by atoms with Crippen LogP contribution in [0.25, 0.3) is 0 Å². The van der Waals surface area contributed by atoms with Crippen LogP contribution in [-0.4, -0.2) is 25.8 Å². The summed E-state index contributed by atoms with van der Waals surface area (Å²) >= 11 is 1.72. The highest BCUT2D eigenvalue weighted by molar-refractivity contribution is 7.98. The zero-order valence-electron chi connectivity index (χ0n) is 13.8. The van der Waals surface area contributed by atoms with Gasteiger partial charge in [-0.05, 0) is 43.7 Å². The molecule has 0 aliphatic rings. The Bertz CT molecular complexity index is 456. The van der Waals surface area contributed by atoms with Crippen molar-refractivity contribution in [3.8, 4) is 5.75 Å². The lowest BCUT2D eigenvalue weighted by molar-refractivity contribution is -0.120. The number of rotatable bonds is 9. The Morgan fingerprint density at radius 1 is 1.29 bits per heavy atom. The lowest BCUT2D eigenvalue weighted by Gasteiger charge is -2.31. The lowest BCUT2D eigenvalue weighted by Crippen LogP contribution is -2.31. The SMILES string of the molecule is CCCC(CCC)N(C)c1cc(SC)c(C)cc1OC=O. The highest BCUT2D eigenvalue weighted by Gasteiger charge is 2.19. The van der Waals surface area contributed by atoms with Gasteiger partial charge in [-0.1, -0.05) is 26.7 Å². The minimum Gasteiger partial charge on any atom is -0.427 e. The third-order valence-corrected chi connectivity index (χ3v) is 4.70. The van der Waals surface area contributed by atoms with Crippen molar-refractivity contribution in [1.82, 2.24) is 0 Å². The molecule has 0 saturated carbocycles. The van der Waals surface area contributed by atoms with Gasteiger partial charge in [-0.25, -0.2) is 0 Å². The maximum Gasteiger partial charge on any atom is 0.298 e. The molecule has 1 aromatic rings. The van der Waals surface area contributed by atoms with Gasteiger partial charge in [-0.3, -0.25) is 4.79 Å². The highest BCUT2D eigenvalue weighted by Crippen LogP contribution is 2.36. The number of nitrogens with zero attached hydrogens (tertiary/aromatic N) is 1. The Morgan fingerprint density at radius 3 is 2.38 bits per heavy atom. The molecule has 0 aromatic heterocycles.